The molecule has 0 aliphatic heterocycles. The fourth-order valence-electron chi connectivity index (χ4n) is 3.47. The third-order valence-electron chi connectivity index (χ3n) is 5.36. The molecule has 0 spiro atoms. The zero-order valence-electron chi connectivity index (χ0n) is 19.1. The van der Waals surface area contributed by atoms with Crippen molar-refractivity contribution in [3.8, 4) is 17.3 Å². The molecule has 0 aliphatic rings. The lowest BCUT2D eigenvalue weighted by Gasteiger charge is -2.26. The summed E-state index contributed by atoms with van der Waals surface area (Å²) < 4.78 is 35.0. The second kappa shape index (κ2) is 10.7. The van der Waals surface area contributed by atoms with E-state index in [1.807, 2.05) is 20.8 Å². The van der Waals surface area contributed by atoms with Crippen molar-refractivity contribution < 1.29 is 18.6 Å². The minimum absolute atomic E-state index is 0.139. The number of nitrogens with zero attached hydrogens (tertiary/aromatic N) is 3. The van der Waals surface area contributed by atoms with Crippen molar-refractivity contribution in [2.24, 2.45) is 5.92 Å². The summed E-state index contributed by atoms with van der Waals surface area (Å²) in [5, 5.41) is 15.1. The van der Waals surface area contributed by atoms with Crippen molar-refractivity contribution in [3.05, 3.63) is 71.4 Å². The smallest absolute Gasteiger partial charge is 0.227 e. The van der Waals surface area contributed by atoms with Gasteiger partial charge in [-0.3, -0.25) is 4.90 Å². The lowest BCUT2D eigenvalue weighted by Crippen LogP contribution is -2.35. The molecule has 0 bridgehead atoms. The summed E-state index contributed by atoms with van der Waals surface area (Å²) in [6.07, 6.45) is 0.470. The highest BCUT2D eigenvalue weighted by atomic mass is 19.1. The molecule has 172 valence electrons. The van der Waals surface area contributed by atoms with Gasteiger partial charge in [-0.25, -0.2) is 13.5 Å². The molecule has 0 saturated heterocycles. The summed E-state index contributed by atoms with van der Waals surface area (Å²) >= 11 is 0. The number of ether oxygens (including phenoxy) is 1. The topological polar surface area (TPSA) is 50.5 Å². The Morgan fingerprint density at radius 1 is 1.09 bits per heavy atom. The van der Waals surface area contributed by atoms with Gasteiger partial charge in [0.05, 0.1) is 23.0 Å². The molecule has 1 heterocycles. The Hall–Kier alpha value is -2.77. The van der Waals surface area contributed by atoms with Gasteiger partial charge in [-0.1, -0.05) is 26.8 Å². The van der Waals surface area contributed by atoms with Crippen LogP contribution in [0.4, 0.5) is 8.78 Å². The number of hydrogen-bond acceptors (Lipinski definition) is 4. The molecule has 3 rings (SSSR count). The summed E-state index contributed by atoms with van der Waals surface area (Å²) in [5.41, 5.74) is 2.22. The van der Waals surface area contributed by atoms with Gasteiger partial charge in [0.15, 0.2) is 0 Å². The molecule has 5 nitrogen and oxygen atoms in total. The molecule has 1 atom stereocenters. The number of aryl methyl sites for hydroxylation is 1. The summed E-state index contributed by atoms with van der Waals surface area (Å²) in [4.78, 5) is 2.17. The van der Waals surface area contributed by atoms with Crippen LogP contribution in [0.3, 0.4) is 0 Å². The first-order valence-electron chi connectivity index (χ1n) is 11.0. The van der Waals surface area contributed by atoms with Crippen LogP contribution >= 0.6 is 0 Å². The fraction of sp³-hybridized carbons (Fsp3) is 0.400. The highest BCUT2D eigenvalue weighted by molar-refractivity contribution is 5.43. The molecule has 0 fully saturated rings. The maximum Gasteiger partial charge on any atom is 0.227 e. The Morgan fingerprint density at radius 3 is 2.44 bits per heavy atom. The van der Waals surface area contributed by atoms with Crippen molar-refractivity contribution in [2.75, 3.05) is 13.1 Å². The van der Waals surface area contributed by atoms with E-state index in [1.165, 1.54) is 24.3 Å². The molecule has 1 aromatic heterocycles. The van der Waals surface area contributed by atoms with Gasteiger partial charge >= 0.3 is 0 Å². The molecule has 3 aromatic rings. The maximum atomic E-state index is 13.8. The van der Waals surface area contributed by atoms with Crippen molar-refractivity contribution in [2.45, 2.75) is 46.8 Å². The first kappa shape index (κ1) is 23.9. The van der Waals surface area contributed by atoms with Crippen LogP contribution in [0.1, 0.15) is 38.4 Å². The number of aliphatic hydroxyl groups is 1. The number of benzene rings is 2. The van der Waals surface area contributed by atoms with Gasteiger partial charge in [-0.15, -0.1) is 0 Å². The van der Waals surface area contributed by atoms with Crippen molar-refractivity contribution in [1.82, 2.24) is 14.7 Å². The molecular formula is C25H31F2N3O2. The highest BCUT2D eigenvalue weighted by Crippen LogP contribution is 2.32. The molecule has 32 heavy (non-hydrogen) atoms. The molecular weight excluding hydrogens is 412 g/mol. The zero-order chi connectivity index (χ0) is 23.3. The largest absolute Gasteiger partial charge is 0.438 e. The first-order valence-corrected chi connectivity index (χ1v) is 11.0. The van der Waals surface area contributed by atoms with E-state index in [4.69, 9.17) is 4.74 Å². The minimum Gasteiger partial charge on any atom is -0.438 e. The molecule has 2 aromatic carbocycles. The summed E-state index contributed by atoms with van der Waals surface area (Å²) in [6, 6.07) is 11.9. The lowest BCUT2D eigenvalue weighted by molar-refractivity contribution is 0.0728. The zero-order valence-corrected chi connectivity index (χ0v) is 19.1. The average molecular weight is 444 g/mol. The van der Waals surface area contributed by atoms with Gasteiger partial charge < -0.3 is 9.84 Å². The van der Waals surface area contributed by atoms with Crippen LogP contribution in [0.5, 0.6) is 11.6 Å². The van der Waals surface area contributed by atoms with E-state index >= 15 is 0 Å². The van der Waals surface area contributed by atoms with Crippen LogP contribution in [0.15, 0.2) is 48.5 Å². The van der Waals surface area contributed by atoms with Crippen molar-refractivity contribution in [1.29, 1.82) is 0 Å². The third kappa shape index (κ3) is 5.93. The number of rotatable bonds is 10. The Labute approximate surface area is 188 Å². The quantitative estimate of drug-likeness (QED) is 0.451. The second-order valence-corrected chi connectivity index (χ2v) is 8.36. The average Bonchev–Trinajstić information content (AvgIpc) is 3.04. The maximum absolute atomic E-state index is 13.8. The Kier molecular flexibility index (Phi) is 7.99. The Bertz CT molecular complexity index is 1020. The van der Waals surface area contributed by atoms with Gasteiger partial charge in [0.25, 0.3) is 0 Å². The van der Waals surface area contributed by atoms with Crippen molar-refractivity contribution in [3.63, 3.8) is 0 Å². The monoisotopic (exact) mass is 443 g/mol. The van der Waals surface area contributed by atoms with E-state index in [0.29, 0.717) is 30.4 Å². The van der Waals surface area contributed by atoms with E-state index in [9.17, 15) is 13.9 Å². The molecule has 7 heteroatoms. The van der Waals surface area contributed by atoms with Gasteiger partial charge in [-0.05, 0) is 62.2 Å². The number of aliphatic hydroxyl groups excluding tert-OH is 1. The van der Waals surface area contributed by atoms with E-state index in [1.54, 1.807) is 28.9 Å². The normalized spacial score (nSPS) is 12.5. The SMILES string of the molecule is CCCN(Cc1c(C)nn(-c2ccc(F)cc2)c1Oc1cccc(F)c1)CC(O)C(C)C. The molecule has 0 saturated carbocycles. The highest BCUT2D eigenvalue weighted by Gasteiger charge is 2.23. The minimum atomic E-state index is -0.457. The molecule has 0 amide bonds. The predicted octanol–water partition coefficient (Wildman–Crippen LogP) is 5.48. The van der Waals surface area contributed by atoms with Gasteiger partial charge in [-0.2, -0.15) is 5.10 Å². The van der Waals surface area contributed by atoms with Gasteiger partial charge in [0, 0.05) is 19.2 Å². The van der Waals surface area contributed by atoms with Crippen LogP contribution in [0.2, 0.25) is 0 Å². The van der Waals surface area contributed by atoms with Crippen LogP contribution in [0, 0.1) is 24.5 Å². The van der Waals surface area contributed by atoms with Gasteiger partial charge in [0.1, 0.15) is 17.4 Å². The summed E-state index contributed by atoms with van der Waals surface area (Å²) in [7, 11) is 0. The predicted molar refractivity (Wildman–Crippen MR) is 121 cm³/mol. The summed E-state index contributed by atoms with van der Waals surface area (Å²) in [6.45, 7) is 9.78. The fourth-order valence-corrected chi connectivity index (χ4v) is 3.47. The molecule has 0 aliphatic carbocycles. The van der Waals surface area contributed by atoms with Crippen LogP contribution < -0.4 is 4.74 Å². The van der Waals surface area contributed by atoms with Gasteiger partial charge in [0.2, 0.25) is 5.88 Å². The van der Waals surface area contributed by atoms with Crippen LogP contribution in [-0.4, -0.2) is 39.0 Å². The van der Waals surface area contributed by atoms with Crippen LogP contribution in [-0.2, 0) is 6.54 Å². The van der Waals surface area contributed by atoms with E-state index < -0.39 is 11.9 Å². The Balaban J connectivity index is 2.02. The first-order chi connectivity index (χ1) is 15.3. The van der Waals surface area contributed by atoms with Crippen LogP contribution in [0.25, 0.3) is 5.69 Å². The second-order valence-electron chi connectivity index (χ2n) is 8.36. The number of aromatic nitrogens is 2. The van der Waals surface area contributed by atoms with E-state index in [2.05, 4.69) is 16.9 Å². The lowest BCUT2D eigenvalue weighted by atomic mass is 10.1. The van der Waals surface area contributed by atoms with Crippen molar-refractivity contribution >= 4 is 0 Å². The Morgan fingerprint density at radius 2 is 1.81 bits per heavy atom. The molecule has 1 N–H and O–H groups in total. The van der Waals surface area contributed by atoms with E-state index in [-0.39, 0.29) is 11.7 Å². The molecule has 1 unspecified atom stereocenters. The third-order valence-corrected chi connectivity index (χ3v) is 5.36. The number of halogens is 2. The molecule has 0 radical (unpaired) electrons. The van der Waals surface area contributed by atoms with E-state index in [0.717, 1.165) is 24.2 Å². The summed E-state index contributed by atoms with van der Waals surface area (Å²) in [5.74, 6) is 0.183. The number of hydrogen-bond donors (Lipinski definition) is 1. The standard InChI is InChI=1S/C25H31F2N3O2/c1-5-13-29(16-24(31)17(2)3)15-23-18(4)28-30(21-11-9-19(26)10-12-21)25(23)32-22-8-6-7-20(27)14-22/h6-12,14,17,24,31H,5,13,15-16H2,1-4H3.